The Bertz CT molecular complexity index is 385. The summed E-state index contributed by atoms with van der Waals surface area (Å²) in [6.45, 7) is 0.656. The largest absolute Gasteiger partial charge is 0.367 e. The maximum absolute atomic E-state index is 11.8. The highest BCUT2D eigenvalue weighted by atomic mass is 16.1. The van der Waals surface area contributed by atoms with Gasteiger partial charge in [0.05, 0.1) is 0 Å². The van der Waals surface area contributed by atoms with Gasteiger partial charge in [-0.3, -0.25) is 4.79 Å². The summed E-state index contributed by atoms with van der Waals surface area (Å²) in [6, 6.07) is 2.00. The molecule has 17 heavy (non-hydrogen) atoms. The van der Waals surface area contributed by atoms with Crippen molar-refractivity contribution < 1.29 is 4.79 Å². The fourth-order valence-electron chi connectivity index (χ4n) is 3.61. The number of hydrogen-bond donors (Lipinski definition) is 2. The molecule has 0 radical (unpaired) electrons. The Labute approximate surface area is 102 Å². The van der Waals surface area contributed by atoms with Gasteiger partial charge in [-0.25, -0.2) is 0 Å². The second kappa shape index (κ2) is 4.55. The Hall–Kier alpha value is -1.25. The van der Waals surface area contributed by atoms with E-state index in [1.807, 2.05) is 18.5 Å². The molecular weight excluding hydrogens is 212 g/mol. The smallest absolute Gasteiger partial charge is 0.220 e. The number of nitrogens with one attached hydrogen (secondary N) is 2. The van der Waals surface area contributed by atoms with E-state index in [1.54, 1.807) is 0 Å². The maximum atomic E-state index is 11.8. The molecule has 1 aromatic rings. The van der Waals surface area contributed by atoms with Crippen LogP contribution in [0.5, 0.6) is 0 Å². The van der Waals surface area contributed by atoms with E-state index >= 15 is 0 Å². The number of H-pyrrole nitrogens is 1. The summed E-state index contributed by atoms with van der Waals surface area (Å²) in [6.07, 6.45) is 10.0. The van der Waals surface area contributed by atoms with E-state index in [-0.39, 0.29) is 5.91 Å². The van der Waals surface area contributed by atoms with Gasteiger partial charge in [-0.1, -0.05) is 6.42 Å². The molecule has 1 heterocycles. The number of aromatic nitrogens is 1. The molecule has 2 fully saturated rings. The van der Waals surface area contributed by atoms with Gasteiger partial charge in [0.1, 0.15) is 0 Å². The summed E-state index contributed by atoms with van der Waals surface area (Å²) in [5, 5.41) is 3.01. The molecule has 2 aliphatic rings. The highest BCUT2D eigenvalue weighted by Crippen LogP contribution is 2.49. The van der Waals surface area contributed by atoms with Gasteiger partial charge in [0.15, 0.2) is 0 Å². The quantitative estimate of drug-likeness (QED) is 0.823. The minimum absolute atomic E-state index is 0.226. The predicted molar refractivity (Wildman–Crippen MR) is 66.2 cm³/mol. The van der Waals surface area contributed by atoms with Crippen LogP contribution in [-0.2, 0) is 11.3 Å². The van der Waals surface area contributed by atoms with E-state index in [0.717, 1.165) is 23.8 Å². The second-order valence-corrected chi connectivity index (χ2v) is 5.64. The first-order valence-corrected chi connectivity index (χ1v) is 6.69. The van der Waals surface area contributed by atoms with E-state index in [4.69, 9.17) is 0 Å². The van der Waals surface area contributed by atoms with Crippen molar-refractivity contribution in [2.75, 3.05) is 0 Å². The zero-order valence-corrected chi connectivity index (χ0v) is 10.1. The number of fused-ring (bicyclic) bond motifs is 2. The zero-order chi connectivity index (χ0) is 11.7. The van der Waals surface area contributed by atoms with Crippen molar-refractivity contribution in [1.29, 1.82) is 0 Å². The molecule has 2 bridgehead atoms. The van der Waals surface area contributed by atoms with Crippen molar-refractivity contribution in [2.24, 2.45) is 17.8 Å². The molecule has 2 aliphatic carbocycles. The van der Waals surface area contributed by atoms with Crippen LogP contribution in [0.4, 0.5) is 0 Å². The van der Waals surface area contributed by atoms with Gasteiger partial charge in [-0.2, -0.15) is 0 Å². The van der Waals surface area contributed by atoms with Crippen LogP contribution in [0.3, 0.4) is 0 Å². The lowest BCUT2D eigenvalue weighted by atomic mass is 9.86. The number of aromatic amines is 1. The zero-order valence-electron chi connectivity index (χ0n) is 10.1. The van der Waals surface area contributed by atoms with Crippen LogP contribution >= 0.6 is 0 Å². The standard InChI is InChI=1S/C14H20N2O/c17-14(16-9-11-3-4-15-8-11)7-13-6-10-1-2-12(13)5-10/h3-4,8,10,12-13,15H,1-2,5-7,9H2,(H,16,17). The summed E-state index contributed by atoms with van der Waals surface area (Å²) in [7, 11) is 0. The third kappa shape index (κ3) is 2.38. The third-order valence-electron chi connectivity index (χ3n) is 4.48. The molecule has 3 heteroatoms. The van der Waals surface area contributed by atoms with Crippen LogP contribution in [0.2, 0.25) is 0 Å². The first-order chi connectivity index (χ1) is 8.31. The van der Waals surface area contributed by atoms with Crippen LogP contribution in [0.15, 0.2) is 18.5 Å². The normalized spacial score (nSPS) is 30.7. The van der Waals surface area contributed by atoms with Crippen molar-refractivity contribution in [3.05, 3.63) is 24.0 Å². The molecule has 1 amide bonds. The van der Waals surface area contributed by atoms with Crippen molar-refractivity contribution in [3.63, 3.8) is 0 Å². The van der Waals surface area contributed by atoms with Crippen molar-refractivity contribution >= 4 is 5.91 Å². The number of carbonyl (C=O) groups is 1. The summed E-state index contributed by atoms with van der Waals surface area (Å²) < 4.78 is 0. The Kier molecular flexibility index (Phi) is 2.91. The molecule has 0 aliphatic heterocycles. The Morgan fingerprint density at radius 3 is 3.00 bits per heavy atom. The second-order valence-electron chi connectivity index (χ2n) is 5.64. The Balaban J connectivity index is 1.44. The lowest BCUT2D eigenvalue weighted by Gasteiger charge is -2.20. The van der Waals surface area contributed by atoms with Gasteiger partial charge in [0, 0.05) is 25.4 Å². The lowest BCUT2D eigenvalue weighted by molar-refractivity contribution is -0.122. The molecule has 92 valence electrons. The minimum Gasteiger partial charge on any atom is -0.367 e. The average molecular weight is 232 g/mol. The predicted octanol–water partition coefficient (Wildman–Crippen LogP) is 2.46. The SMILES string of the molecule is O=C(CC1CC2CCC1C2)NCc1cc[nH]c1. The van der Waals surface area contributed by atoms with Crippen molar-refractivity contribution in [3.8, 4) is 0 Å². The van der Waals surface area contributed by atoms with E-state index in [2.05, 4.69) is 10.3 Å². The molecular formula is C14H20N2O. The number of amides is 1. The van der Waals surface area contributed by atoms with Gasteiger partial charge in [-0.05, 0) is 48.6 Å². The molecule has 3 rings (SSSR count). The first kappa shape index (κ1) is 10.9. The lowest BCUT2D eigenvalue weighted by Crippen LogP contribution is -2.26. The first-order valence-electron chi connectivity index (χ1n) is 6.69. The fourth-order valence-corrected chi connectivity index (χ4v) is 3.61. The molecule has 1 aromatic heterocycles. The molecule has 3 nitrogen and oxygen atoms in total. The third-order valence-corrected chi connectivity index (χ3v) is 4.48. The molecule has 2 saturated carbocycles. The van der Waals surface area contributed by atoms with Crippen molar-refractivity contribution in [2.45, 2.75) is 38.6 Å². The number of carbonyl (C=O) groups excluding carboxylic acids is 1. The van der Waals surface area contributed by atoms with Gasteiger partial charge in [0.25, 0.3) is 0 Å². The average Bonchev–Trinajstić information content (AvgIpc) is 3.03. The Morgan fingerprint density at radius 2 is 2.35 bits per heavy atom. The van der Waals surface area contributed by atoms with Gasteiger partial charge in [-0.15, -0.1) is 0 Å². The molecule has 2 N–H and O–H groups in total. The van der Waals surface area contributed by atoms with Crippen LogP contribution in [0.1, 0.15) is 37.7 Å². The van der Waals surface area contributed by atoms with E-state index in [9.17, 15) is 4.79 Å². The van der Waals surface area contributed by atoms with Gasteiger partial charge in [0.2, 0.25) is 5.91 Å². The number of rotatable bonds is 4. The van der Waals surface area contributed by atoms with Gasteiger partial charge < -0.3 is 10.3 Å². The van der Waals surface area contributed by atoms with Crippen molar-refractivity contribution in [1.82, 2.24) is 10.3 Å². The van der Waals surface area contributed by atoms with Crippen LogP contribution in [0, 0.1) is 17.8 Å². The number of hydrogen-bond acceptors (Lipinski definition) is 1. The van der Waals surface area contributed by atoms with Crippen LogP contribution in [-0.4, -0.2) is 10.9 Å². The molecule has 0 spiro atoms. The fraction of sp³-hybridized carbons (Fsp3) is 0.643. The van der Waals surface area contributed by atoms with E-state index < -0.39 is 0 Å². The maximum Gasteiger partial charge on any atom is 0.220 e. The highest BCUT2D eigenvalue weighted by molar-refractivity contribution is 5.76. The molecule has 0 aromatic carbocycles. The van der Waals surface area contributed by atoms with E-state index in [1.165, 1.54) is 25.7 Å². The van der Waals surface area contributed by atoms with Crippen LogP contribution < -0.4 is 5.32 Å². The van der Waals surface area contributed by atoms with Crippen LogP contribution in [0.25, 0.3) is 0 Å². The molecule has 0 saturated heterocycles. The summed E-state index contributed by atoms with van der Waals surface area (Å²) in [4.78, 5) is 14.8. The summed E-state index contributed by atoms with van der Waals surface area (Å²) >= 11 is 0. The summed E-state index contributed by atoms with van der Waals surface area (Å²) in [5.41, 5.74) is 1.14. The topological polar surface area (TPSA) is 44.9 Å². The van der Waals surface area contributed by atoms with Gasteiger partial charge >= 0.3 is 0 Å². The molecule has 3 atom stereocenters. The summed E-state index contributed by atoms with van der Waals surface area (Å²) in [5.74, 6) is 2.67. The highest BCUT2D eigenvalue weighted by Gasteiger charge is 2.39. The monoisotopic (exact) mass is 232 g/mol. The van der Waals surface area contributed by atoms with E-state index in [0.29, 0.717) is 12.5 Å². The Morgan fingerprint density at radius 1 is 1.41 bits per heavy atom. The molecule has 3 unspecified atom stereocenters. The minimum atomic E-state index is 0.226.